The van der Waals surface area contributed by atoms with E-state index in [4.69, 9.17) is 18.9 Å². The Bertz CT molecular complexity index is 2650. The summed E-state index contributed by atoms with van der Waals surface area (Å²) in [4.78, 5) is 62.6. The molecule has 0 saturated carbocycles. The van der Waals surface area contributed by atoms with Crippen molar-refractivity contribution >= 4 is 54.0 Å². The molecule has 12 nitrogen and oxygen atoms in total. The van der Waals surface area contributed by atoms with E-state index in [-0.39, 0.29) is 48.7 Å². The van der Waals surface area contributed by atoms with Crippen molar-refractivity contribution in [1.82, 2.24) is 4.90 Å². The number of rotatable bonds is 12. The van der Waals surface area contributed by atoms with Crippen molar-refractivity contribution in [2.24, 2.45) is 5.92 Å². The Morgan fingerprint density at radius 1 is 0.846 bits per heavy atom. The van der Waals surface area contributed by atoms with E-state index in [2.05, 4.69) is 32.2 Å². The first kappa shape index (κ1) is 43.9. The lowest BCUT2D eigenvalue weighted by molar-refractivity contribution is -0.151. The lowest BCUT2D eigenvalue weighted by atomic mass is 9.82. The number of fused-ring (bicyclic) bond motifs is 5. The highest BCUT2D eigenvalue weighted by atomic mass is 28.3. The minimum absolute atomic E-state index is 0.00441. The second kappa shape index (κ2) is 17.6. The molecule has 5 atom stereocenters. The Labute approximate surface area is 380 Å². The number of esters is 1. The first-order chi connectivity index (χ1) is 31.4. The van der Waals surface area contributed by atoms with Crippen molar-refractivity contribution in [3.63, 3.8) is 0 Å². The quantitative estimate of drug-likeness (QED) is 0.0751. The molecule has 0 radical (unpaired) electrons. The number of hydrogen-bond donors (Lipinski definition) is 1. The summed E-state index contributed by atoms with van der Waals surface area (Å²) in [6.45, 7) is 7.11. The van der Waals surface area contributed by atoms with Gasteiger partial charge in [0.25, 0.3) is 11.8 Å². The summed E-state index contributed by atoms with van der Waals surface area (Å²) in [7, 11) is 0.324. The molecule has 1 fully saturated rings. The number of carbonyl (C=O) groups is 4. The summed E-state index contributed by atoms with van der Waals surface area (Å²) in [6.07, 6.45) is 1.08. The molecule has 4 aliphatic heterocycles. The Kier molecular flexibility index (Phi) is 11.9. The van der Waals surface area contributed by atoms with Crippen molar-refractivity contribution < 1.29 is 43.2 Å². The van der Waals surface area contributed by atoms with Crippen LogP contribution in [0.2, 0.25) is 18.6 Å². The second-order valence-electron chi connectivity index (χ2n) is 18.1. The summed E-state index contributed by atoms with van der Waals surface area (Å²) >= 11 is 0. The van der Waals surface area contributed by atoms with E-state index in [0.717, 1.165) is 22.1 Å². The zero-order valence-corrected chi connectivity index (χ0v) is 38.5. The highest BCUT2D eigenvalue weighted by Crippen LogP contribution is 2.61. The van der Waals surface area contributed by atoms with E-state index in [1.165, 1.54) is 7.11 Å². The van der Waals surface area contributed by atoms with E-state index in [9.17, 15) is 19.5 Å². The Morgan fingerprint density at radius 3 is 2.29 bits per heavy atom. The number of ether oxygens (including phenoxy) is 4. The number of aliphatic hydroxyl groups excluding tert-OH is 1. The van der Waals surface area contributed by atoms with Gasteiger partial charge in [-0.3, -0.25) is 24.1 Å². The summed E-state index contributed by atoms with van der Waals surface area (Å²) in [5.74, 6) is 0.216. The van der Waals surface area contributed by atoms with Gasteiger partial charge in [0.15, 0.2) is 11.4 Å². The van der Waals surface area contributed by atoms with Crippen LogP contribution in [0.15, 0.2) is 115 Å². The molecule has 13 heteroatoms. The molecule has 9 rings (SSSR count). The Morgan fingerprint density at radius 2 is 1.55 bits per heavy atom. The van der Waals surface area contributed by atoms with E-state index in [1.54, 1.807) is 40.0 Å². The zero-order valence-electron chi connectivity index (χ0n) is 37.5. The number of benzene rings is 5. The van der Waals surface area contributed by atoms with Gasteiger partial charge in [0.1, 0.15) is 11.5 Å². The summed E-state index contributed by atoms with van der Waals surface area (Å²) in [5.41, 5.74) is 3.07. The number of para-hydroxylation sites is 3. The molecule has 0 unspecified atom stereocenters. The predicted octanol–water partition coefficient (Wildman–Crippen LogP) is 8.02. The molecule has 4 heterocycles. The number of methoxy groups -OCH3 is 2. The lowest BCUT2D eigenvalue weighted by Gasteiger charge is -2.39. The molecule has 65 heavy (non-hydrogen) atoms. The fraction of sp³-hybridized carbons (Fsp3) is 0.346. The van der Waals surface area contributed by atoms with Gasteiger partial charge in [-0.05, 0) is 90.5 Å². The average molecular weight is 894 g/mol. The fourth-order valence-electron chi connectivity index (χ4n) is 10.9. The number of anilines is 3. The van der Waals surface area contributed by atoms with Crippen LogP contribution >= 0.6 is 0 Å². The molecular formula is C52H55N3O9Si. The highest BCUT2D eigenvalue weighted by Gasteiger charge is 2.66. The van der Waals surface area contributed by atoms with E-state index < -0.39 is 31.7 Å². The second-order valence-corrected chi connectivity index (χ2v) is 22.8. The third kappa shape index (κ3) is 7.58. The summed E-state index contributed by atoms with van der Waals surface area (Å²) in [5, 5.41) is 11.8. The number of nitrogens with zero attached hydrogens (tertiary/aromatic N) is 3. The number of unbranched alkanes of at least 4 members (excludes halogenated alkanes) is 1. The van der Waals surface area contributed by atoms with Crippen LogP contribution in [0.5, 0.6) is 17.2 Å². The monoisotopic (exact) mass is 893 g/mol. The summed E-state index contributed by atoms with van der Waals surface area (Å²) < 4.78 is 24.2. The maximum Gasteiger partial charge on any atom is 0.305 e. The molecule has 0 aromatic heterocycles. The van der Waals surface area contributed by atoms with Gasteiger partial charge in [0.05, 0.1) is 64.4 Å². The minimum Gasteiger partial charge on any atom is -0.497 e. The van der Waals surface area contributed by atoms with Crippen LogP contribution in [0.4, 0.5) is 17.1 Å². The standard InChI is InChI=1S/C52H55N3O9Si/c1-33-49(65(4,5)39-24-22-38(61-2)23-25-39)46(30-47(57)54-31-35-15-7-6-14-34(35)28-37(54)32-56)64-52(33)41-29-36(21-26-42(41)53(51(52)60)27-13-12-20-48(58)62-3)55-43-17-9-11-19-45(43)63-44-18-10-8-16-40(44)50(55)59/h6-11,14-19,21-26,29,33,37,46,49,56H,12-13,20,27-28,30-32H2,1-5H3/t33-,37+,46+,49-,52+/m1/s1. The molecule has 5 aromatic carbocycles. The Balaban J connectivity index is 1.17. The van der Waals surface area contributed by atoms with Crippen molar-refractivity contribution in [3.05, 3.63) is 138 Å². The molecule has 4 aliphatic rings. The average Bonchev–Trinajstić information content (AvgIpc) is 3.70. The fourth-order valence-corrected chi connectivity index (χ4v) is 14.9. The first-order valence-corrected chi connectivity index (χ1v) is 25.5. The van der Waals surface area contributed by atoms with Crippen LogP contribution in [0, 0.1) is 5.92 Å². The van der Waals surface area contributed by atoms with E-state index in [1.807, 2.05) is 84.9 Å². The Hall–Kier alpha value is -6.28. The maximum atomic E-state index is 15.7. The minimum atomic E-state index is -2.68. The van der Waals surface area contributed by atoms with Gasteiger partial charge in [-0.1, -0.05) is 85.9 Å². The topological polar surface area (TPSA) is 135 Å². The summed E-state index contributed by atoms with van der Waals surface area (Å²) in [6, 6.07) is 35.9. The molecular weight excluding hydrogens is 839 g/mol. The number of amides is 3. The third-order valence-corrected chi connectivity index (χ3v) is 18.6. The normalized spacial score (nSPS) is 22.2. The van der Waals surface area contributed by atoms with Gasteiger partial charge in [-0.2, -0.15) is 0 Å². The zero-order chi connectivity index (χ0) is 45.6. The molecule has 1 N–H and O–H groups in total. The molecule has 0 bridgehead atoms. The van der Waals surface area contributed by atoms with Gasteiger partial charge in [0.2, 0.25) is 5.91 Å². The van der Waals surface area contributed by atoms with Crippen LogP contribution in [-0.2, 0) is 42.4 Å². The lowest BCUT2D eigenvalue weighted by Crippen LogP contribution is -2.52. The van der Waals surface area contributed by atoms with Gasteiger partial charge in [-0.25, -0.2) is 0 Å². The van der Waals surface area contributed by atoms with Crippen molar-refractivity contribution in [2.45, 2.75) is 82.0 Å². The van der Waals surface area contributed by atoms with Gasteiger partial charge in [0, 0.05) is 36.7 Å². The first-order valence-electron chi connectivity index (χ1n) is 22.4. The molecule has 5 aromatic rings. The molecule has 336 valence electrons. The van der Waals surface area contributed by atoms with Crippen LogP contribution in [0.3, 0.4) is 0 Å². The molecule has 3 amide bonds. The largest absolute Gasteiger partial charge is 0.497 e. The third-order valence-electron chi connectivity index (χ3n) is 14.2. The van der Waals surface area contributed by atoms with Crippen LogP contribution < -0.4 is 24.5 Å². The molecule has 0 aliphatic carbocycles. The van der Waals surface area contributed by atoms with Crippen LogP contribution in [0.25, 0.3) is 0 Å². The van der Waals surface area contributed by atoms with Gasteiger partial charge in [-0.15, -0.1) is 0 Å². The number of carbonyl (C=O) groups excluding carboxylic acids is 4. The molecule has 1 spiro atoms. The van der Waals surface area contributed by atoms with Crippen molar-refractivity contribution in [2.75, 3.05) is 37.2 Å². The van der Waals surface area contributed by atoms with Crippen LogP contribution in [-0.4, -0.2) is 81.3 Å². The molecule has 1 saturated heterocycles. The van der Waals surface area contributed by atoms with Gasteiger partial charge >= 0.3 is 5.97 Å². The maximum absolute atomic E-state index is 15.7. The van der Waals surface area contributed by atoms with Crippen molar-refractivity contribution in [3.8, 4) is 17.2 Å². The van der Waals surface area contributed by atoms with Crippen molar-refractivity contribution in [1.29, 1.82) is 0 Å². The SMILES string of the molecule is COC(=O)CCCCN1C(=O)[C@@]2(O[C@@H](CC(=O)N3Cc4ccccc4C[C@H]3CO)[C@H]([Si](C)(C)c3ccc(OC)cc3)[C@H]2C)c2cc(N3C(=O)c4ccccc4Oc4ccccc43)ccc21. The van der Waals surface area contributed by atoms with E-state index >= 15 is 4.79 Å². The predicted molar refractivity (Wildman–Crippen MR) is 250 cm³/mol. The van der Waals surface area contributed by atoms with Crippen LogP contribution in [0.1, 0.15) is 59.7 Å². The smallest absolute Gasteiger partial charge is 0.305 e. The number of aliphatic hydroxyl groups is 1. The highest BCUT2D eigenvalue weighted by molar-refractivity contribution is 6.91. The van der Waals surface area contributed by atoms with E-state index in [0.29, 0.717) is 72.0 Å². The number of hydrogen-bond acceptors (Lipinski definition) is 9. The van der Waals surface area contributed by atoms with Gasteiger partial charge < -0.3 is 33.9 Å².